The molecule has 0 aliphatic heterocycles. The van der Waals surface area contributed by atoms with E-state index in [2.05, 4.69) is 5.32 Å². The third kappa shape index (κ3) is 6.57. The van der Waals surface area contributed by atoms with Gasteiger partial charge in [0, 0.05) is 11.8 Å². The summed E-state index contributed by atoms with van der Waals surface area (Å²) in [6.07, 6.45) is 2.03. The molecule has 0 aromatic heterocycles. The van der Waals surface area contributed by atoms with Crippen LogP contribution in [0.4, 0.5) is 5.69 Å². The van der Waals surface area contributed by atoms with Gasteiger partial charge in [-0.25, -0.2) is 4.79 Å². The number of para-hydroxylation sites is 1. The molecule has 0 saturated heterocycles. The third-order valence-corrected chi connectivity index (χ3v) is 4.93. The van der Waals surface area contributed by atoms with E-state index in [0.717, 1.165) is 33.7 Å². The zero-order chi connectivity index (χ0) is 22.9. The number of benzene rings is 3. The van der Waals surface area contributed by atoms with E-state index in [-0.39, 0.29) is 5.91 Å². The van der Waals surface area contributed by atoms with E-state index in [0.29, 0.717) is 6.61 Å². The minimum absolute atomic E-state index is 0.371. The van der Waals surface area contributed by atoms with Gasteiger partial charge in [0.1, 0.15) is 12.4 Å². The third-order valence-electron chi connectivity index (χ3n) is 4.93. The van der Waals surface area contributed by atoms with E-state index in [1.807, 2.05) is 86.6 Å². The lowest BCUT2D eigenvalue weighted by atomic mass is 10.1. The normalized spacial score (nSPS) is 11.7. The van der Waals surface area contributed by atoms with Crippen LogP contribution in [0.3, 0.4) is 0 Å². The Labute approximate surface area is 188 Å². The number of nitrogens with one attached hydrogen (secondary N) is 1. The molecule has 3 aromatic rings. The average molecular weight is 430 g/mol. The summed E-state index contributed by atoms with van der Waals surface area (Å²) in [6, 6.07) is 23.1. The first-order valence-electron chi connectivity index (χ1n) is 10.4. The van der Waals surface area contributed by atoms with Crippen LogP contribution in [-0.4, -0.2) is 18.0 Å². The lowest BCUT2D eigenvalue weighted by Gasteiger charge is -2.15. The second-order valence-electron chi connectivity index (χ2n) is 7.51. The van der Waals surface area contributed by atoms with E-state index in [4.69, 9.17) is 9.47 Å². The lowest BCUT2D eigenvalue weighted by molar-refractivity contribution is -0.148. The van der Waals surface area contributed by atoms with Crippen LogP contribution >= 0.6 is 0 Å². The zero-order valence-electron chi connectivity index (χ0n) is 18.5. The summed E-state index contributed by atoms with van der Waals surface area (Å²) in [5.41, 5.74) is 4.56. The monoisotopic (exact) mass is 429 g/mol. The SMILES string of the molecule is Cc1cccc(C)c1NC(=O)C(C)OC(=O)/C=C/c1ccc(OCc2ccccc2)cc1. The predicted molar refractivity (Wildman–Crippen MR) is 126 cm³/mol. The summed E-state index contributed by atoms with van der Waals surface area (Å²) >= 11 is 0. The summed E-state index contributed by atoms with van der Waals surface area (Å²) in [4.78, 5) is 24.5. The van der Waals surface area contributed by atoms with Crippen molar-refractivity contribution in [1.82, 2.24) is 0 Å². The van der Waals surface area contributed by atoms with Crippen molar-refractivity contribution >= 4 is 23.6 Å². The molecule has 0 bridgehead atoms. The highest BCUT2D eigenvalue weighted by Gasteiger charge is 2.18. The van der Waals surface area contributed by atoms with Crippen LogP contribution in [0.2, 0.25) is 0 Å². The molecule has 32 heavy (non-hydrogen) atoms. The first kappa shape index (κ1) is 22.8. The molecule has 0 saturated carbocycles. The molecule has 0 radical (unpaired) electrons. The smallest absolute Gasteiger partial charge is 0.331 e. The maximum Gasteiger partial charge on any atom is 0.331 e. The lowest BCUT2D eigenvalue weighted by Crippen LogP contribution is -2.30. The van der Waals surface area contributed by atoms with Gasteiger partial charge in [0.05, 0.1) is 0 Å². The van der Waals surface area contributed by atoms with E-state index in [1.165, 1.54) is 6.08 Å². The highest BCUT2D eigenvalue weighted by atomic mass is 16.5. The summed E-state index contributed by atoms with van der Waals surface area (Å²) in [5.74, 6) is -0.215. The van der Waals surface area contributed by atoms with Gasteiger partial charge in [0.2, 0.25) is 0 Å². The molecule has 164 valence electrons. The van der Waals surface area contributed by atoms with Crippen LogP contribution < -0.4 is 10.1 Å². The molecular weight excluding hydrogens is 402 g/mol. The fourth-order valence-corrected chi connectivity index (χ4v) is 3.08. The van der Waals surface area contributed by atoms with Gasteiger partial charge >= 0.3 is 5.97 Å². The Morgan fingerprint density at radius 2 is 1.56 bits per heavy atom. The van der Waals surface area contributed by atoms with Crippen molar-refractivity contribution in [3.8, 4) is 5.75 Å². The van der Waals surface area contributed by atoms with Crippen LogP contribution in [0, 0.1) is 13.8 Å². The zero-order valence-corrected chi connectivity index (χ0v) is 18.5. The minimum atomic E-state index is -0.917. The van der Waals surface area contributed by atoms with Gasteiger partial charge in [-0.2, -0.15) is 0 Å². The summed E-state index contributed by atoms with van der Waals surface area (Å²) < 4.78 is 11.0. The molecule has 0 aliphatic carbocycles. The maximum absolute atomic E-state index is 12.4. The maximum atomic E-state index is 12.4. The molecule has 0 fully saturated rings. The van der Waals surface area contributed by atoms with Crippen molar-refractivity contribution in [2.75, 3.05) is 5.32 Å². The number of ether oxygens (including phenoxy) is 2. The van der Waals surface area contributed by atoms with Crippen LogP contribution in [0.5, 0.6) is 5.75 Å². The predicted octanol–water partition coefficient (Wildman–Crippen LogP) is 5.47. The number of carbonyl (C=O) groups is 2. The van der Waals surface area contributed by atoms with E-state index in [9.17, 15) is 9.59 Å². The standard InChI is InChI=1S/C27H27NO4/c1-19-8-7-9-20(2)26(19)28-27(30)21(3)32-25(29)17-14-22-12-15-24(16-13-22)31-18-23-10-5-4-6-11-23/h4-17,21H,18H2,1-3H3,(H,28,30)/b17-14+. The first-order chi connectivity index (χ1) is 15.4. The largest absolute Gasteiger partial charge is 0.489 e. The molecule has 0 aliphatic rings. The number of hydrogen-bond donors (Lipinski definition) is 1. The molecule has 5 nitrogen and oxygen atoms in total. The van der Waals surface area contributed by atoms with Crippen LogP contribution in [0.1, 0.15) is 29.2 Å². The second-order valence-corrected chi connectivity index (χ2v) is 7.51. The van der Waals surface area contributed by atoms with Crippen molar-refractivity contribution < 1.29 is 19.1 Å². The molecule has 3 rings (SSSR count). The quantitative estimate of drug-likeness (QED) is 0.381. The van der Waals surface area contributed by atoms with Crippen molar-refractivity contribution in [3.63, 3.8) is 0 Å². The molecule has 3 aromatic carbocycles. The van der Waals surface area contributed by atoms with Gasteiger partial charge in [-0.15, -0.1) is 0 Å². The van der Waals surface area contributed by atoms with Crippen molar-refractivity contribution in [3.05, 3.63) is 101 Å². The first-order valence-corrected chi connectivity index (χ1v) is 10.4. The number of esters is 1. The van der Waals surface area contributed by atoms with Crippen molar-refractivity contribution in [1.29, 1.82) is 0 Å². The van der Waals surface area contributed by atoms with Gasteiger partial charge in [0.25, 0.3) is 5.91 Å². The Kier molecular flexibility index (Phi) is 7.81. The van der Waals surface area contributed by atoms with Gasteiger partial charge in [0.15, 0.2) is 6.10 Å². The molecule has 0 spiro atoms. The van der Waals surface area contributed by atoms with Crippen molar-refractivity contribution in [2.45, 2.75) is 33.5 Å². The Bertz CT molecular complexity index is 1070. The van der Waals surface area contributed by atoms with Crippen LogP contribution in [0.15, 0.2) is 78.9 Å². The highest BCUT2D eigenvalue weighted by molar-refractivity contribution is 5.97. The number of amides is 1. The van der Waals surface area contributed by atoms with Crippen LogP contribution in [0.25, 0.3) is 6.08 Å². The van der Waals surface area contributed by atoms with Gasteiger partial charge in [-0.05, 0) is 61.2 Å². The molecular formula is C27H27NO4. The topological polar surface area (TPSA) is 64.6 Å². The van der Waals surface area contributed by atoms with Gasteiger partial charge in [-0.1, -0.05) is 60.7 Å². The number of rotatable bonds is 8. The summed E-state index contributed by atoms with van der Waals surface area (Å²) in [5, 5.41) is 2.83. The molecule has 5 heteroatoms. The Morgan fingerprint density at radius 3 is 2.22 bits per heavy atom. The van der Waals surface area contributed by atoms with E-state index >= 15 is 0 Å². The average Bonchev–Trinajstić information content (AvgIpc) is 2.80. The van der Waals surface area contributed by atoms with E-state index in [1.54, 1.807) is 13.0 Å². The Morgan fingerprint density at radius 1 is 0.906 bits per heavy atom. The second kappa shape index (κ2) is 11.0. The minimum Gasteiger partial charge on any atom is -0.489 e. The molecule has 1 amide bonds. The molecule has 1 atom stereocenters. The van der Waals surface area contributed by atoms with E-state index < -0.39 is 12.1 Å². The number of carbonyl (C=O) groups excluding carboxylic acids is 2. The Balaban J connectivity index is 1.49. The van der Waals surface area contributed by atoms with Crippen LogP contribution in [-0.2, 0) is 20.9 Å². The van der Waals surface area contributed by atoms with Crippen molar-refractivity contribution in [2.24, 2.45) is 0 Å². The molecule has 1 N–H and O–H groups in total. The highest BCUT2D eigenvalue weighted by Crippen LogP contribution is 2.20. The summed E-state index contributed by atoms with van der Waals surface area (Å²) in [6.45, 7) is 5.87. The number of anilines is 1. The summed E-state index contributed by atoms with van der Waals surface area (Å²) in [7, 11) is 0. The Hall–Kier alpha value is -3.86. The number of aryl methyl sites for hydroxylation is 2. The van der Waals surface area contributed by atoms with Gasteiger partial charge < -0.3 is 14.8 Å². The molecule has 1 unspecified atom stereocenters. The molecule has 0 heterocycles. The number of hydrogen-bond acceptors (Lipinski definition) is 4. The fourth-order valence-electron chi connectivity index (χ4n) is 3.08. The fraction of sp³-hybridized carbons (Fsp3) is 0.185. The van der Waals surface area contributed by atoms with Gasteiger partial charge in [-0.3, -0.25) is 4.79 Å².